The topological polar surface area (TPSA) is 99.6 Å². The molecular formula is C16H25N2O6PS. The quantitative estimate of drug-likeness (QED) is 0.523. The highest BCUT2D eigenvalue weighted by atomic mass is 32.2. The molecule has 1 N–H and O–H groups in total. The number of carbonyl (C=O) groups excluding carboxylic acids is 1. The molecule has 8 nitrogen and oxygen atoms in total. The molecule has 10 heteroatoms. The molecule has 2 rings (SSSR count). The second-order valence-corrected chi connectivity index (χ2v) is 8.75. The monoisotopic (exact) mass is 404 g/mol. The Morgan fingerprint density at radius 3 is 2.85 bits per heavy atom. The molecule has 0 bridgehead atoms. The Labute approximate surface area is 157 Å². The normalized spacial score (nSPS) is 20.9. The van der Waals surface area contributed by atoms with Gasteiger partial charge in [-0.15, -0.1) is 0 Å². The summed E-state index contributed by atoms with van der Waals surface area (Å²) in [5.74, 6) is 0.601. The number of ether oxygens (including phenoxy) is 1. The number of hydrogen-bond donors (Lipinski definition) is 1. The predicted molar refractivity (Wildman–Crippen MR) is 102 cm³/mol. The van der Waals surface area contributed by atoms with Gasteiger partial charge in [-0.3, -0.25) is 19.1 Å². The highest BCUT2D eigenvalue weighted by molar-refractivity contribution is 8.13. The van der Waals surface area contributed by atoms with Gasteiger partial charge in [-0.1, -0.05) is 32.5 Å². The van der Waals surface area contributed by atoms with Gasteiger partial charge in [0.25, 0.3) is 5.56 Å². The fourth-order valence-corrected chi connectivity index (χ4v) is 3.73. The van der Waals surface area contributed by atoms with Gasteiger partial charge in [-0.2, -0.15) is 0 Å². The first-order valence-electron chi connectivity index (χ1n) is 8.40. The number of aromatic amines is 1. The van der Waals surface area contributed by atoms with E-state index in [-0.39, 0.29) is 25.7 Å². The van der Waals surface area contributed by atoms with Crippen molar-refractivity contribution in [2.75, 3.05) is 19.0 Å². The van der Waals surface area contributed by atoms with Crippen LogP contribution in [0.15, 0.2) is 21.9 Å². The summed E-state index contributed by atoms with van der Waals surface area (Å²) in [5, 5.41) is 0.147. The van der Waals surface area contributed by atoms with Crippen molar-refractivity contribution in [2.45, 2.75) is 45.9 Å². The lowest BCUT2D eigenvalue weighted by atomic mass is 10.00. The van der Waals surface area contributed by atoms with Crippen LogP contribution in [0, 0.1) is 5.41 Å². The van der Waals surface area contributed by atoms with Crippen LogP contribution in [0.1, 0.15) is 39.8 Å². The van der Waals surface area contributed by atoms with Crippen molar-refractivity contribution in [3.63, 3.8) is 0 Å². The third-order valence-corrected chi connectivity index (χ3v) is 5.52. The first-order chi connectivity index (χ1) is 12.3. The van der Waals surface area contributed by atoms with Crippen LogP contribution in [0.2, 0.25) is 0 Å². The van der Waals surface area contributed by atoms with Gasteiger partial charge in [0.1, 0.15) is 6.23 Å². The average Bonchev–Trinajstić information content (AvgIpc) is 3.01. The molecule has 3 atom stereocenters. The van der Waals surface area contributed by atoms with E-state index in [1.165, 1.54) is 28.6 Å². The van der Waals surface area contributed by atoms with Crippen LogP contribution >= 0.6 is 20.8 Å². The third kappa shape index (κ3) is 6.63. The van der Waals surface area contributed by atoms with Crippen LogP contribution in [-0.4, -0.2) is 39.7 Å². The molecule has 26 heavy (non-hydrogen) atoms. The standard InChI is InChI=1S/C16H25N2O6PS/c1-16(2,3)14(20)26-9-8-22-25-23-10-11-4-5-13(24-11)18-7-6-12(19)17-15(18)21/h6-7,11,13,25H,4-5,8-10H2,1-3H3,(H,17,19,21). The number of aromatic nitrogens is 2. The maximum Gasteiger partial charge on any atom is 0.330 e. The van der Waals surface area contributed by atoms with Crippen molar-refractivity contribution < 1.29 is 18.6 Å². The summed E-state index contributed by atoms with van der Waals surface area (Å²) in [6, 6.07) is 1.30. The smallest absolute Gasteiger partial charge is 0.330 e. The number of H-pyrrole nitrogens is 1. The van der Waals surface area contributed by atoms with Gasteiger partial charge in [0.15, 0.2) is 14.1 Å². The maximum atomic E-state index is 11.8. The second kappa shape index (κ2) is 9.80. The van der Waals surface area contributed by atoms with Crippen molar-refractivity contribution in [2.24, 2.45) is 5.41 Å². The molecule has 1 saturated heterocycles. The Balaban J connectivity index is 1.59. The summed E-state index contributed by atoms with van der Waals surface area (Å²) in [7, 11) is -0.117. The van der Waals surface area contributed by atoms with Crippen LogP contribution in [0.4, 0.5) is 0 Å². The predicted octanol–water partition coefficient (Wildman–Crippen LogP) is 2.06. The summed E-state index contributed by atoms with van der Waals surface area (Å²) in [4.78, 5) is 36.8. The van der Waals surface area contributed by atoms with Crippen LogP contribution in [0.3, 0.4) is 0 Å². The molecular weight excluding hydrogens is 379 g/mol. The van der Waals surface area contributed by atoms with E-state index >= 15 is 0 Å². The molecule has 1 fully saturated rings. The molecule has 0 aliphatic carbocycles. The van der Waals surface area contributed by atoms with Gasteiger partial charge in [-0.25, -0.2) is 4.79 Å². The molecule has 0 radical (unpaired) electrons. The van der Waals surface area contributed by atoms with Crippen LogP contribution in [-0.2, 0) is 18.6 Å². The van der Waals surface area contributed by atoms with Gasteiger partial charge in [0.05, 0.1) is 19.3 Å². The number of rotatable bonds is 8. The number of nitrogens with one attached hydrogen (secondary N) is 1. The lowest BCUT2D eigenvalue weighted by Gasteiger charge is -2.16. The van der Waals surface area contributed by atoms with E-state index < -0.39 is 17.5 Å². The SMILES string of the molecule is CC(C)(C)C(=O)SCCOPOCC1CCC(n2ccc(=O)[nH]c2=O)O1. The summed E-state index contributed by atoms with van der Waals surface area (Å²) in [6.45, 7) is 6.51. The minimum atomic E-state index is -0.475. The van der Waals surface area contributed by atoms with E-state index in [4.69, 9.17) is 13.8 Å². The Kier molecular flexibility index (Phi) is 8.04. The zero-order chi connectivity index (χ0) is 19.2. The fourth-order valence-electron chi connectivity index (χ4n) is 2.27. The van der Waals surface area contributed by atoms with Crippen LogP contribution in [0.5, 0.6) is 0 Å². The molecule has 3 unspecified atom stereocenters. The second-order valence-electron chi connectivity index (χ2n) is 6.94. The third-order valence-electron chi connectivity index (χ3n) is 3.66. The van der Waals surface area contributed by atoms with Gasteiger partial charge in [-0.05, 0) is 12.8 Å². The molecule has 0 amide bonds. The minimum absolute atomic E-state index is 0.117. The van der Waals surface area contributed by atoms with Crippen molar-refractivity contribution >= 4 is 25.9 Å². The molecule has 0 saturated carbocycles. The number of thioether (sulfide) groups is 1. The Morgan fingerprint density at radius 1 is 1.38 bits per heavy atom. The van der Waals surface area contributed by atoms with E-state index in [1.807, 2.05) is 20.8 Å². The zero-order valence-corrected chi connectivity index (χ0v) is 17.0. The summed E-state index contributed by atoms with van der Waals surface area (Å²) in [6.07, 6.45) is 2.37. The molecule has 1 aromatic rings. The van der Waals surface area contributed by atoms with E-state index in [1.54, 1.807) is 0 Å². The van der Waals surface area contributed by atoms with Crippen LogP contribution < -0.4 is 11.2 Å². The van der Waals surface area contributed by atoms with E-state index in [9.17, 15) is 14.4 Å². The van der Waals surface area contributed by atoms with E-state index in [0.29, 0.717) is 25.4 Å². The molecule has 146 valence electrons. The van der Waals surface area contributed by atoms with E-state index in [2.05, 4.69) is 4.98 Å². The molecule has 1 aromatic heterocycles. The highest BCUT2D eigenvalue weighted by Crippen LogP contribution is 2.29. The van der Waals surface area contributed by atoms with Crippen molar-refractivity contribution in [3.05, 3.63) is 33.1 Å². The van der Waals surface area contributed by atoms with Crippen molar-refractivity contribution in [3.8, 4) is 0 Å². The highest BCUT2D eigenvalue weighted by Gasteiger charge is 2.27. The Bertz CT molecular complexity index is 714. The first-order valence-corrected chi connectivity index (χ1v) is 10.2. The van der Waals surface area contributed by atoms with Gasteiger partial charge < -0.3 is 13.8 Å². The average molecular weight is 404 g/mol. The summed E-state index contributed by atoms with van der Waals surface area (Å²) in [5.41, 5.74) is -1.24. The van der Waals surface area contributed by atoms with Crippen molar-refractivity contribution in [1.29, 1.82) is 0 Å². The van der Waals surface area contributed by atoms with Crippen LogP contribution in [0.25, 0.3) is 0 Å². The van der Waals surface area contributed by atoms with E-state index in [0.717, 1.165) is 6.42 Å². The maximum absolute atomic E-state index is 11.8. The minimum Gasteiger partial charge on any atom is -0.352 e. The Morgan fingerprint density at radius 2 is 2.15 bits per heavy atom. The Hall–Kier alpha value is -0.990. The number of nitrogens with zero attached hydrogens (tertiary/aromatic N) is 1. The molecule has 0 aromatic carbocycles. The molecule has 1 aliphatic heterocycles. The summed E-state index contributed by atoms with van der Waals surface area (Å²) >= 11 is 1.27. The lowest BCUT2D eigenvalue weighted by molar-refractivity contribution is -0.117. The molecule has 2 heterocycles. The number of hydrogen-bond acceptors (Lipinski definition) is 7. The van der Waals surface area contributed by atoms with Gasteiger partial charge in [0.2, 0.25) is 0 Å². The van der Waals surface area contributed by atoms with Gasteiger partial charge in [0, 0.05) is 23.4 Å². The van der Waals surface area contributed by atoms with Crippen molar-refractivity contribution in [1.82, 2.24) is 9.55 Å². The molecule has 0 spiro atoms. The largest absolute Gasteiger partial charge is 0.352 e. The number of carbonyl (C=O) groups is 1. The van der Waals surface area contributed by atoms with Gasteiger partial charge >= 0.3 is 5.69 Å². The lowest BCUT2D eigenvalue weighted by Crippen LogP contribution is -2.31. The molecule has 1 aliphatic rings. The zero-order valence-electron chi connectivity index (χ0n) is 15.1. The summed E-state index contributed by atoms with van der Waals surface area (Å²) < 4.78 is 18.0. The fraction of sp³-hybridized carbons (Fsp3) is 0.688. The first kappa shape index (κ1) is 21.3.